The van der Waals surface area contributed by atoms with Crippen LogP contribution in [-0.2, 0) is 15.9 Å². The lowest BCUT2D eigenvalue weighted by atomic mass is 9.76. The summed E-state index contributed by atoms with van der Waals surface area (Å²) in [7, 11) is -0.334. The first-order valence-corrected chi connectivity index (χ1v) is 8.55. The molecule has 3 rings (SSSR count). The number of rotatable bonds is 3. The fourth-order valence-corrected chi connectivity index (χ4v) is 3.39. The second-order valence-electron chi connectivity index (χ2n) is 7.96. The summed E-state index contributed by atoms with van der Waals surface area (Å²) in [6.45, 7) is 12.0. The Hall–Kier alpha value is -0.875. The molecular weight excluding hydrogens is 289 g/mol. The van der Waals surface area contributed by atoms with Crippen LogP contribution in [0.25, 0.3) is 0 Å². The molecule has 2 heterocycles. The van der Waals surface area contributed by atoms with Crippen LogP contribution in [0.3, 0.4) is 0 Å². The van der Waals surface area contributed by atoms with E-state index in [9.17, 15) is 5.11 Å². The van der Waals surface area contributed by atoms with Gasteiger partial charge in [0.25, 0.3) is 0 Å². The van der Waals surface area contributed by atoms with Crippen LogP contribution >= 0.6 is 0 Å². The van der Waals surface area contributed by atoms with Gasteiger partial charge in [0.2, 0.25) is 0 Å². The van der Waals surface area contributed by atoms with Crippen molar-refractivity contribution in [3.63, 3.8) is 0 Å². The first-order valence-electron chi connectivity index (χ1n) is 8.55. The van der Waals surface area contributed by atoms with Gasteiger partial charge in [0, 0.05) is 19.1 Å². The fraction of sp³-hybridized carbons (Fsp3) is 0.667. The molecule has 2 fully saturated rings. The monoisotopic (exact) mass is 317 g/mol. The second kappa shape index (κ2) is 5.89. The maximum absolute atomic E-state index is 9.88. The third kappa shape index (κ3) is 3.20. The summed E-state index contributed by atoms with van der Waals surface area (Å²) in [5.41, 5.74) is 1.65. The molecule has 2 aliphatic rings. The van der Waals surface area contributed by atoms with Crippen LogP contribution in [0.15, 0.2) is 24.3 Å². The molecule has 0 saturated carbocycles. The van der Waals surface area contributed by atoms with Crippen molar-refractivity contribution in [2.45, 2.75) is 70.9 Å². The standard InChI is InChI=1S/C18H28BNO3/c1-13-10-15(21)12-20(13)11-14-8-6-7-9-16(14)19-22-17(2,3)18(4,5)23-19/h6-9,13,15,21H,10-12H2,1-5H3. The lowest BCUT2D eigenvalue weighted by Crippen LogP contribution is -2.41. The Morgan fingerprint density at radius 2 is 1.78 bits per heavy atom. The topological polar surface area (TPSA) is 41.9 Å². The smallest absolute Gasteiger partial charge is 0.399 e. The molecule has 0 aromatic heterocycles. The van der Waals surface area contributed by atoms with Crippen LogP contribution in [-0.4, -0.2) is 47.0 Å². The molecule has 5 heteroatoms. The van der Waals surface area contributed by atoms with E-state index in [1.54, 1.807) is 0 Å². The highest BCUT2D eigenvalue weighted by molar-refractivity contribution is 6.62. The average Bonchev–Trinajstić information content (AvgIpc) is 2.86. The minimum absolute atomic E-state index is 0.214. The Morgan fingerprint density at radius 3 is 2.35 bits per heavy atom. The second-order valence-corrected chi connectivity index (χ2v) is 7.96. The van der Waals surface area contributed by atoms with E-state index in [2.05, 4.69) is 57.7 Å². The number of benzene rings is 1. The van der Waals surface area contributed by atoms with E-state index >= 15 is 0 Å². The van der Waals surface area contributed by atoms with E-state index in [1.807, 2.05) is 6.07 Å². The Balaban J connectivity index is 1.82. The number of hydrogen-bond acceptors (Lipinski definition) is 4. The Kier molecular flexibility index (Phi) is 4.34. The van der Waals surface area contributed by atoms with Crippen LogP contribution in [0.2, 0.25) is 0 Å². The van der Waals surface area contributed by atoms with Crippen LogP contribution in [0.4, 0.5) is 0 Å². The van der Waals surface area contributed by atoms with E-state index in [1.165, 1.54) is 5.56 Å². The highest BCUT2D eigenvalue weighted by Crippen LogP contribution is 2.36. The van der Waals surface area contributed by atoms with E-state index in [-0.39, 0.29) is 24.4 Å². The van der Waals surface area contributed by atoms with Crippen molar-refractivity contribution >= 4 is 12.6 Å². The highest BCUT2D eigenvalue weighted by Gasteiger charge is 2.52. The van der Waals surface area contributed by atoms with Gasteiger partial charge in [0.1, 0.15) is 0 Å². The summed E-state index contributed by atoms with van der Waals surface area (Å²) in [6.07, 6.45) is 0.632. The minimum Gasteiger partial charge on any atom is -0.399 e. The molecule has 126 valence electrons. The number of aliphatic hydroxyl groups excluding tert-OH is 1. The van der Waals surface area contributed by atoms with E-state index < -0.39 is 0 Å². The molecule has 0 bridgehead atoms. The third-order valence-electron chi connectivity index (χ3n) is 5.62. The van der Waals surface area contributed by atoms with Crippen molar-refractivity contribution in [3.05, 3.63) is 29.8 Å². The van der Waals surface area contributed by atoms with Gasteiger partial charge in [-0.2, -0.15) is 0 Å². The average molecular weight is 317 g/mol. The summed E-state index contributed by atoms with van der Waals surface area (Å²) < 4.78 is 12.4. The Labute approximate surface area is 139 Å². The highest BCUT2D eigenvalue weighted by atomic mass is 16.7. The molecule has 1 aromatic rings. The summed E-state index contributed by atoms with van der Waals surface area (Å²) >= 11 is 0. The normalized spacial score (nSPS) is 30.1. The SMILES string of the molecule is CC1CC(O)CN1Cc1ccccc1B1OC(C)(C)C(C)(C)O1. The summed E-state index contributed by atoms with van der Waals surface area (Å²) in [5.74, 6) is 0. The van der Waals surface area contributed by atoms with Crippen molar-refractivity contribution in [2.75, 3.05) is 6.54 Å². The molecule has 1 N–H and O–H groups in total. The lowest BCUT2D eigenvalue weighted by molar-refractivity contribution is 0.00578. The van der Waals surface area contributed by atoms with Gasteiger partial charge in [0.15, 0.2) is 0 Å². The number of nitrogens with zero attached hydrogens (tertiary/aromatic N) is 1. The fourth-order valence-electron chi connectivity index (χ4n) is 3.39. The predicted molar refractivity (Wildman–Crippen MR) is 92.7 cm³/mol. The van der Waals surface area contributed by atoms with Gasteiger partial charge in [-0.25, -0.2) is 0 Å². The first kappa shape index (κ1) is 17.0. The number of likely N-dealkylation sites (tertiary alicyclic amines) is 1. The van der Waals surface area contributed by atoms with E-state index in [4.69, 9.17) is 9.31 Å². The molecule has 2 unspecified atom stereocenters. The summed E-state index contributed by atoms with van der Waals surface area (Å²) in [4.78, 5) is 2.33. The van der Waals surface area contributed by atoms with Crippen LogP contribution in [0.1, 0.15) is 46.6 Å². The number of hydrogen-bond donors (Lipinski definition) is 1. The number of β-amino-alcohol motifs (C(OH)–C–C–N with tert-alkyl or cyclic N) is 1. The van der Waals surface area contributed by atoms with Crippen molar-refractivity contribution in [1.29, 1.82) is 0 Å². The Bertz CT molecular complexity index is 559. The molecule has 0 spiro atoms. The van der Waals surface area contributed by atoms with Crippen LogP contribution in [0, 0.1) is 0 Å². The molecular formula is C18H28BNO3. The van der Waals surface area contributed by atoms with Gasteiger partial charge in [-0.05, 0) is 52.1 Å². The van der Waals surface area contributed by atoms with Crippen LogP contribution < -0.4 is 5.46 Å². The zero-order chi connectivity index (χ0) is 16.8. The molecule has 4 nitrogen and oxygen atoms in total. The maximum Gasteiger partial charge on any atom is 0.495 e. The zero-order valence-electron chi connectivity index (χ0n) is 14.9. The molecule has 1 aromatic carbocycles. The first-order chi connectivity index (χ1) is 10.7. The van der Waals surface area contributed by atoms with Gasteiger partial charge < -0.3 is 14.4 Å². The van der Waals surface area contributed by atoms with Crippen LogP contribution in [0.5, 0.6) is 0 Å². The molecule has 2 atom stereocenters. The minimum atomic E-state index is -0.334. The molecule has 23 heavy (non-hydrogen) atoms. The van der Waals surface area contributed by atoms with Crippen molar-refractivity contribution in [2.24, 2.45) is 0 Å². The van der Waals surface area contributed by atoms with E-state index in [0.29, 0.717) is 6.04 Å². The quantitative estimate of drug-likeness (QED) is 0.865. The number of aliphatic hydroxyl groups is 1. The molecule has 0 amide bonds. The van der Waals surface area contributed by atoms with Gasteiger partial charge >= 0.3 is 7.12 Å². The zero-order valence-corrected chi connectivity index (χ0v) is 14.9. The van der Waals surface area contributed by atoms with Gasteiger partial charge in [-0.15, -0.1) is 0 Å². The van der Waals surface area contributed by atoms with Gasteiger partial charge in [0.05, 0.1) is 17.3 Å². The summed E-state index contributed by atoms with van der Waals surface area (Å²) in [6, 6.07) is 8.72. The third-order valence-corrected chi connectivity index (χ3v) is 5.62. The summed E-state index contributed by atoms with van der Waals surface area (Å²) in [5, 5.41) is 9.88. The maximum atomic E-state index is 9.88. The molecule has 0 aliphatic carbocycles. The predicted octanol–water partition coefficient (Wildman–Crippen LogP) is 1.94. The van der Waals surface area contributed by atoms with E-state index in [0.717, 1.165) is 25.0 Å². The molecule has 2 aliphatic heterocycles. The Morgan fingerprint density at radius 1 is 1.17 bits per heavy atom. The van der Waals surface area contributed by atoms with Crippen molar-refractivity contribution < 1.29 is 14.4 Å². The van der Waals surface area contributed by atoms with Gasteiger partial charge in [-0.1, -0.05) is 24.3 Å². The largest absolute Gasteiger partial charge is 0.495 e. The molecule has 2 saturated heterocycles. The molecule has 0 radical (unpaired) electrons. The van der Waals surface area contributed by atoms with Crippen molar-refractivity contribution in [1.82, 2.24) is 4.90 Å². The lowest BCUT2D eigenvalue weighted by Gasteiger charge is -2.32. The van der Waals surface area contributed by atoms with Crippen molar-refractivity contribution in [3.8, 4) is 0 Å². The van der Waals surface area contributed by atoms with Gasteiger partial charge in [-0.3, -0.25) is 4.90 Å².